The Morgan fingerprint density at radius 3 is 2.83 bits per heavy atom. The van der Waals surface area contributed by atoms with Gasteiger partial charge in [-0.1, -0.05) is 23.2 Å². The summed E-state index contributed by atoms with van der Waals surface area (Å²) in [7, 11) is 0. The van der Waals surface area contributed by atoms with Crippen LogP contribution in [0.3, 0.4) is 0 Å². The van der Waals surface area contributed by atoms with Crippen LogP contribution in [0.1, 0.15) is 6.42 Å². The first kappa shape index (κ1) is 13.5. The minimum Gasteiger partial charge on any atom is -0.484 e. The van der Waals surface area contributed by atoms with Gasteiger partial charge in [-0.05, 0) is 18.6 Å². The Balaban J connectivity index is 1.87. The first-order valence-corrected chi connectivity index (χ1v) is 6.35. The molecule has 18 heavy (non-hydrogen) atoms. The van der Waals surface area contributed by atoms with Crippen LogP contribution >= 0.6 is 23.2 Å². The van der Waals surface area contributed by atoms with E-state index >= 15 is 0 Å². The molecule has 0 aromatic heterocycles. The van der Waals surface area contributed by atoms with E-state index in [0.717, 1.165) is 0 Å². The average Bonchev–Trinajstić information content (AvgIpc) is 2.77. The maximum atomic E-state index is 11.7. The number of β-amino-alcohol motifs (C(OH)–C–C–N with tert-alkyl or cyclic N) is 1. The van der Waals surface area contributed by atoms with Crippen molar-refractivity contribution in [1.82, 2.24) is 4.90 Å². The Hall–Kier alpha value is -0.970. The summed E-state index contributed by atoms with van der Waals surface area (Å²) in [6.45, 7) is 0.888. The Morgan fingerprint density at radius 1 is 1.44 bits per heavy atom. The first-order valence-electron chi connectivity index (χ1n) is 5.60. The van der Waals surface area contributed by atoms with Crippen LogP contribution in [0.15, 0.2) is 18.2 Å². The zero-order chi connectivity index (χ0) is 13.1. The summed E-state index contributed by atoms with van der Waals surface area (Å²) < 4.78 is 5.34. The van der Waals surface area contributed by atoms with Crippen molar-refractivity contribution < 1.29 is 14.6 Å². The van der Waals surface area contributed by atoms with Gasteiger partial charge in [0.15, 0.2) is 6.61 Å². The molecule has 1 atom stereocenters. The predicted molar refractivity (Wildman–Crippen MR) is 69.2 cm³/mol. The number of aliphatic hydroxyl groups excluding tert-OH is 1. The van der Waals surface area contributed by atoms with Crippen LogP contribution in [0.4, 0.5) is 0 Å². The molecule has 2 rings (SSSR count). The van der Waals surface area contributed by atoms with E-state index in [0.29, 0.717) is 35.3 Å². The van der Waals surface area contributed by atoms with Gasteiger partial charge in [0.2, 0.25) is 0 Å². The lowest BCUT2D eigenvalue weighted by atomic mass is 10.3. The van der Waals surface area contributed by atoms with Crippen molar-refractivity contribution in [3.05, 3.63) is 28.2 Å². The van der Waals surface area contributed by atoms with Crippen molar-refractivity contribution in [2.45, 2.75) is 12.5 Å². The van der Waals surface area contributed by atoms with Crippen molar-refractivity contribution in [1.29, 1.82) is 0 Å². The van der Waals surface area contributed by atoms with Crippen molar-refractivity contribution >= 4 is 29.1 Å². The third kappa shape index (κ3) is 3.28. The standard InChI is InChI=1S/C12H13Cl2NO3/c13-10-2-1-9(5-11(10)14)18-7-12(17)15-4-3-8(16)6-15/h1-2,5,8,16H,3-4,6-7H2/t8-/m0/s1. The lowest BCUT2D eigenvalue weighted by Gasteiger charge is -2.15. The van der Waals surface area contributed by atoms with E-state index in [9.17, 15) is 9.90 Å². The highest BCUT2D eigenvalue weighted by Gasteiger charge is 2.24. The topological polar surface area (TPSA) is 49.8 Å². The van der Waals surface area contributed by atoms with Gasteiger partial charge >= 0.3 is 0 Å². The van der Waals surface area contributed by atoms with Gasteiger partial charge in [-0.25, -0.2) is 0 Å². The smallest absolute Gasteiger partial charge is 0.260 e. The normalized spacial score (nSPS) is 19.1. The first-order chi connectivity index (χ1) is 8.56. The Labute approximate surface area is 115 Å². The van der Waals surface area contributed by atoms with E-state index in [1.165, 1.54) is 0 Å². The van der Waals surface area contributed by atoms with Crippen LogP contribution in [0.5, 0.6) is 5.75 Å². The SMILES string of the molecule is O=C(COc1ccc(Cl)c(Cl)c1)N1CC[C@H](O)C1. The minimum atomic E-state index is -0.418. The second kappa shape index (κ2) is 5.78. The predicted octanol–water partition coefficient (Wildman–Crippen LogP) is 1.97. The molecule has 0 aliphatic carbocycles. The highest BCUT2D eigenvalue weighted by molar-refractivity contribution is 6.42. The molecule has 1 aromatic carbocycles. The van der Waals surface area contributed by atoms with E-state index in [-0.39, 0.29) is 12.5 Å². The Kier molecular flexibility index (Phi) is 4.32. The molecule has 0 bridgehead atoms. The number of hydrogen-bond acceptors (Lipinski definition) is 3. The number of carbonyl (C=O) groups excluding carboxylic acids is 1. The van der Waals surface area contributed by atoms with Gasteiger partial charge in [0, 0.05) is 19.2 Å². The van der Waals surface area contributed by atoms with Gasteiger partial charge < -0.3 is 14.7 Å². The maximum absolute atomic E-state index is 11.7. The largest absolute Gasteiger partial charge is 0.484 e. The minimum absolute atomic E-state index is 0.0648. The summed E-state index contributed by atoms with van der Waals surface area (Å²) in [6.07, 6.45) is 0.206. The Morgan fingerprint density at radius 2 is 2.22 bits per heavy atom. The van der Waals surface area contributed by atoms with Crippen LogP contribution in [0, 0.1) is 0 Å². The summed E-state index contributed by atoms with van der Waals surface area (Å²) in [6, 6.07) is 4.83. The van der Waals surface area contributed by atoms with E-state index in [1.807, 2.05) is 0 Å². The zero-order valence-corrected chi connectivity index (χ0v) is 11.1. The molecule has 1 fully saturated rings. The van der Waals surface area contributed by atoms with Gasteiger partial charge in [-0.15, -0.1) is 0 Å². The van der Waals surface area contributed by atoms with E-state index in [1.54, 1.807) is 23.1 Å². The van der Waals surface area contributed by atoms with Crippen molar-refractivity contribution in [2.75, 3.05) is 19.7 Å². The van der Waals surface area contributed by atoms with Gasteiger partial charge in [-0.2, -0.15) is 0 Å². The number of benzene rings is 1. The molecule has 1 aliphatic heterocycles. The number of hydrogen-bond donors (Lipinski definition) is 1. The number of halogens is 2. The number of ether oxygens (including phenoxy) is 1. The van der Waals surface area contributed by atoms with Crippen LogP contribution in [0.25, 0.3) is 0 Å². The van der Waals surface area contributed by atoms with Gasteiger partial charge in [0.25, 0.3) is 5.91 Å². The molecule has 4 nitrogen and oxygen atoms in total. The molecule has 0 radical (unpaired) electrons. The molecule has 0 spiro atoms. The molecular weight excluding hydrogens is 277 g/mol. The second-order valence-corrected chi connectivity index (χ2v) is 4.96. The third-order valence-corrected chi connectivity index (χ3v) is 3.51. The fourth-order valence-electron chi connectivity index (χ4n) is 1.77. The van der Waals surface area contributed by atoms with Crippen molar-refractivity contribution in [2.24, 2.45) is 0 Å². The summed E-state index contributed by atoms with van der Waals surface area (Å²) in [5, 5.41) is 10.2. The number of rotatable bonds is 3. The summed E-state index contributed by atoms with van der Waals surface area (Å²) >= 11 is 11.6. The molecule has 1 saturated heterocycles. The van der Waals surface area contributed by atoms with Crippen molar-refractivity contribution in [3.63, 3.8) is 0 Å². The molecule has 1 aromatic rings. The highest BCUT2D eigenvalue weighted by atomic mass is 35.5. The average molecular weight is 290 g/mol. The van der Waals surface area contributed by atoms with Crippen LogP contribution in [-0.2, 0) is 4.79 Å². The lowest BCUT2D eigenvalue weighted by molar-refractivity contribution is -0.132. The lowest BCUT2D eigenvalue weighted by Crippen LogP contribution is -2.33. The van der Waals surface area contributed by atoms with Crippen molar-refractivity contribution in [3.8, 4) is 5.75 Å². The highest BCUT2D eigenvalue weighted by Crippen LogP contribution is 2.26. The molecular formula is C12H13Cl2NO3. The van der Waals surface area contributed by atoms with E-state index < -0.39 is 6.10 Å². The fourth-order valence-corrected chi connectivity index (χ4v) is 2.06. The number of nitrogens with zero attached hydrogens (tertiary/aromatic N) is 1. The second-order valence-electron chi connectivity index (χ2n) is 4.15. The number of aliphatic hydroxyl groups is 1. The summed E-state index contributed by atoms with van der Waals surface area (Å²) in [5.74, 6) is 0.357. The fraction of sp³-hybridized carbons (Fsp3) is 0.417. The van der Waals surface area contributed by atoms with Gasteiger partial charge in [0.05, 0.1) is 16.1 Å². The molecule has 1 aliphatic rings. The maximum Gasteiger partial charge on any atom is 0.260 e. The Bertz CT molecular complexity index is 453. The zero-order valence-electron chi connectivity index (χ0n) is 9.60. The molecule has 0 saturated carbocycles. The molecule has 1 heterocycles. The number of amides is 1. The van der Waals surface area contributed by atoms with Gasteiger partial charge in [0.1, 0.15) is 5.75 Å². The molecule has 1 amide bonds. The van der Waals surface area contributed by atoms with E-state index in [2.05, 4.69) is 0 Å². The molecule has 1 N–H and O–H groups in total. The molecule has 0 unspecified atom stereocenters. The summed E-state index contributed by atoms with van der Waals surface area (Å²) in [4.78, 5) is 13.3. The molecule has 6 heteroatoms. The molecule has 98 valence electrons. The van der Waals surface area contributed by atoms with Crippen LogP contribution in [-0.4, -0.2) is 41.7 Å². The quantitative estimate of drug-likeness (QED) is 0.926. The number of likely N-dealkylation sites (tertiary alicyclic amines) is 1. The monoisotopic (exact) mass is 289 g/mol. The third-order valence-electron chi connectivity index (χ3n) is 2.77. The number of carbonyl (C=O) groups is 1. The van der Waals surface area contributed by atoms with E-state index in [4.69, 9.17) is 27.9 Å². The summed E-state index contributed by atoms with van der Waals surface area (Å²) in [5.41, 5.74) is 0. The van der Waals surface area contributed by atoms with Gasteiger partial charge in [-0.3, -0.25) is 4.79 Å². The van der Waals surface area contributed by atoms with Crippen LogP contribution in [0.2, 0.25) is 10.0 Å². The van der Waals surface area contributed by atoms with Crippen LogP contribution < -0.4 is 4.74 Å².